The molecular weight excluding hydrogens is 332 g/mol. The molecule has 4 N–H and O–H groups in total. The molecule has 0 saturated carbocycles. The molecule has 0 unspecified atom stereocenters. The molecule has 2 fully saturated rings. The number of hydrogen-bond donors (Lipinski definition) is 3. The highest BCUT2D eigenvalue weighted by molar-refractivity contribution is 7.16. The van der Waals surface area contributed by atoms with Crippen molar-refractivity contribution in [1.82, 2.24) is 0 Å². The molecular formula is C16H20N2O5S. The highest BCUT2D eigenvalue weighted by Crippen LogP contribution is 2.44. The maximum atomic E-state index is 12.7. The Balaban J connectivity index is 1.82. The molecule has 1 aromatic heterocycles. The third-order valence-corrected chi connectivity index (χ3v) is 5.75. The molecule has 0 aromatic carbocycles. The minimum atomic E-state index is -1.02. The summed E-state index contributed by atoms with van der Waals surface area (Å²) in [6.45, 7) is 2.02. The quantitative estimate of drug-likeness (QED) is 0.719. The van der Waals surface area contributed by atoms with Crippen molar-refractivity contribution in [3.05, 3.63) is 16.5 Å². The van der Waals surface area contributed by atoms with Crippen LogP contribution >= 0.6 is 11.3 Å². The van der Waals surface area contributed by atoms with Crippen molar-refractivity contribution in [2.24, 2.45) is 17.6 Å². The van der Waals surface area contributed by atoms with Crippen LogP contribution in [-0.4, -0.2) is 35.1 Å². The van der Waals surface area contributed by atoms with Gasteiger partial charge in [0.15, 0.2) is 0 Å². The van der Waals surface area contributed by atoms with Gasteiger partial charge in [-0.2, -0.15) is 0 Å². The molecule has 2 amide bonds. The Bertz CT molecular complexity index is 686. The first-order valence-corrected chi connectivity index (χ1v) is 8.85. The van der Waals surface area contributed by atoms with Crippen LogP contribution < -0.4 is 11.1 Å². The smallest absolute Gasteiger partial charge is 0.310 e. The Hall–Kier alpha value is -1.93. The molecule has 2 aliphatic heterocycles. The van der Waals surface area contributed by atoms with Gasteiger partial charge in [-0.25, -0.2) is 0 Å². The molecule has 3 rings (SSSR count). The van der Waals surface area contributed by atoms with Crippen LogP contribution in [0, 0.1) is 11.8 Å². The number of carboxylic acids is 1. The molecule has 0 aliphatic carbocycles. The summed E-state index contributed by atoms with van der Waals surface area (Å²) in [5.41, 5.74) is 5.66. The maximum absolute atomic E-state index is 12.7. The van der Waals surface area contributed by atoms with E-state index in [9.17, 15) is 19.5 Å². The molecule has 2 bridgehead atoms. The van der Waals surface area contributed by atoms with Gasteiger partial charge in [0.05, 0.1) is 29.6 Å². The zero-order valence-electron chi connectivity index (χ0n) is 13.3. The van der Waals surface area contributed by atoms with Crippen molar-refractivity contribution in [2.75, 3.05) is 5.32 Å². The summed E-state index contributed by atoms with van der Waals surface area (Å²) in [7, 11) is 0. The van der Waals surface area contributed by atoms with Gasteiger partial charge >= 0.3 is 5.97 Å². The second-order valence-electron chi connectivity index (χ2n) is 6.24. The van der Waals surface area contributed by atoms with Crippen molar-refractivity contribution in [3.8, 4) is 0 Å². The number of nitrogens with two attached hydrogens (primary N) is 1. The zero-order chi connectivity index (χ0) is 17.4. The Morgan fingerprint density at radius 2 is 2.00 bits per heavy atom. The summed E-state index contributed by atoms with van der Waals surface area (Å²) >= 11 is 1.31. The normalized spacial score (nSPS) is 28.0. The number of carboxylic acid groups (broad SMARTS) is 1. The van der Waals surface area contributed by atoms with Gasteiger partial charge in [-0.3, -0.25) is 14.4 Å². The van der Waals surface area contributed by atoms with Gasteiger partial charge in [-0.15, -0.1) is 11.3 Å². The summed E-state index contributed by atoms with van der Waals surface area (Å²) < 4.78 is 5.61. The topological polar surface area (TPSA) is 119 Å². The Kier molecular flexibility index (Phi) is 4.60. The summed E-state index contributed by atoms with van der Waals surface area (Å²) in [6.07, 6.45) is 2.27. The van der Waals surface area contributed by atoms with Crippen molar-refractivity contribution < 1.29 is 24.2 Å². The first kappa shape index (κ1) is 16.9. The van der Waals surface area contributed by atoms with Gasteiger partial charge < -0.3 is 20.9 Å². The van der Waals surface area contributed by atoms with E-state index in [2.05, 4.69) is 5.32 Å². The largest absolute Gasteiger partial charge is 0.481 e. The van der Waals surface area contributed by atoms with Crippen LogP contribution in [0.2, 0.25) is 0 Å². The lowest BCUT2D eigenvalue weighted by molar-refractivity contribution is -0.147. The predicted octanol–water partition coefficient (Wildman–Crippen LogP) is 1.62. The molecule has 130 valence electrons. The molecule has 0 spiro atoms. The number of rotatable bonds is 6. The Morgan fingerprint density at radius 1 is 1.33 bits per heavy atom. The van der Waals surface area contributed by atoms with E-state index in [1.54, 1.807) is 6.07 Å². The molecule has 7 nitrogen and oxygen atoms in total. The van der Waals surface area contributed by atoms with Crippen LogP contribution in [-0.2, 0) is 20.7 Å². The number of thiophene rings is 1. The number of anilines is 1. The number of fused-ring (bicyclic) bond motifs is 2. The van der Waals surface area contributed by atoms with Gasteiger partial charge in [0.2, 0.25) is 5.91 Å². The van der Waals surface area contributed by atoms with Crippen molar-refractivity contribution in [2.45, 2.75) is 44.8 Å². The number of carbonyl (C=O) groups excluding carboxylic acids is 2. The van der Waals surface area contributed by atoms with E-state index in [0.29, 0.717) is 17.8 Å². The summed E-state index contributed by atoms with van der Waals surface area (Å²) in [4.78, 5) is 36.7. The Morgan fingerprint density at radius 3 is 2.58 bits per heavy atom. The fraction of sp³-hybridized carbons (Fsp3) is 0.562. The number of aliphatic carboxylic acids is 1. The van der Waals surface area contributed by atoms with Crippen LogP contribution in [0.4, 0.5) is 5.00 Å². The van der Waals surface area contributed by atoms with E-state index in [1.165, 1.54) is 11.3 Å². The second-order valence-corrected chi connectivity index (χ2v) is 7.38. The summed E-state index contributed by atoms with van der Waals surface area (Å²) in [6, 6.07) is 1.69. The van der Waals surface area contributed by atoms with E-state index < -0.39 is 35.7 Å². The molecule has 2 saturated heterocycles. The third-order valence-electron chi connectivity index (χ3n) is 4.64. The van der Waals surface area contributed by atoms with Gasteiger partial charge in [0.1, 0.15) is 5.00 Å². The lowest BCUT2D eigenvalue weighted by Crippen LogP contribution is -2.41. The predicted molar refractivity (Wildman–Crippen MR) is 88.0 cm³/mol. The average molecular weight is 352 g/mol. The lowest BCUT2D eigenvalue weighted by atomic mass is 9.79. The van der Waals surface area contributed by atoms with Crippen molar-refractivity contribution in [1.29, 1.82) is 0 Å². The maximum Gasteiger partial charge on any atom is 0.310 e. The number of hydrogen-bond acceptors (Lipinski definition) is 5. The van der Waals surface area contributed by atoms with Gasteiger partial charge in [0, 0.05) is 4.88 Å². The molecule has 8 heteroatoms. The first-order valence-electron chi connectivity index (χ1n) is 8.04. The molecule has 24 heavy (non-hydrogen) atoms. The van der Waals surface area contributed by atoms with Crippen molar-refractivity contribution in [3.63, 3.8) is 0 Å². The first-order chi connectivity index (χ1) is 11.4. The minimum absolute atomic E-state index is 0.271. The second kappa shape index (κ2) is 6.52. The van der Waals surface area contributed by atoms with Crippen molar-refractivity contribution >= 4 is 34.1 Å². The molecule has 2 aliphatic rings. The number of ether oxygens (including phenoxy) is 1. The molecule has 4 atom stereocenters. The highest BCUT2D eigenvalue weighted by Gasteiger charge is 2.55. The lowest BCUT2D eigenvalue weighted by Gasteiger charge is -2.23. The average Bonchev–Trinajstić information content (AvgIpc) is 3.20. The number of nitrogens with one attached hydrogen (secondary N) is 1. The van der Waals surface area contributed by atoms with E-state index >= 15 is 0 Å². The van der Waals surface area contributed by atoms with E-state index in [1.807, 2.05) is 6.92 Å². The monoisotopic (exact) mass is 352 g/mol. The molecule has 1 aromatic rings. The van der Waals surface area contributed by atoms with Crippen LogP contribution in [0.3, 0.4) is 0 Å². The van der Waals surface area contributed by atoms with Gasteiger partial charge in [0.25, 0.3) is 5.91 Å². The SMILES string of the molecule is CCCc1cc(C(N)=O)c(NC(=O)[C@H]2[C@@H](C(=O)O)[C@H]3CC[C@@H]2O3)s1. The number of aryl methyl sites for hydroxylation is 1. The molecule has 0 radical (unpaired) electrons. The standard InChI is InChI=1S/C16H20N2O5S/c1-2-3-7-6-8(13(17)19)15(24-7)18-14(20)11-9-4-5-10(23-9)12(11)16(21)22/h6,9-12H,2-5H2,1H3,(H2,17,19)(H,18,20)(H,21,22)/t9-,10+,11+,12-/m0/s1. The van der Waals surface area contributed by atoms with E-state index in [4.69, 9.17) is 10.5 Å². The Labute approximate surface area is 143 Å². The van der Waals surface area contributed by atoms with Crippen LogP contribution in [0.1, 0.15) is 41.4 Å². The summed E-state index contributed by atoms with van der Waals surface area (Å²) in [5.74, 6) is -3.62. The molecule has 3 heterocycles. The number of carbonyl (C=O) groups is 3. The van der Waals surface area contributed by atoms with Crippen LogP contribution in [0.25, 0.3) is 0 Å². The van der Waals surface area contributed by atoms with E-state index in [0.717, 1.165) is 17.7 Å². The van der Waals surface area contributed by atoms with Crippen LogP contribution in [0.15, 0.2) is 6.07 Å². The number of primary amides is 1. The third kappa shape index (κ3) is 2.91. The van der Waals surface area contributed by atoms with Gasteiger partial charge in [-0.1, -0.05) is 13.3 Å². The van der Waals surface area contributed by atoms with Gasteiger partial charge in [-0.05, 0) is 25.3 Å². The zero-order valence-corrected chi connectivity index (χ0v) is 14.1. The fourth-order valence-corrected chi connectivity index (χ4v) is 4.77. The van der Waals surface area contributed by atoms with Crippen LogP contribution in [0.5, 0.6) is 0 Å². The fourth-order valence-electron chi connectivity index (χ4n) is 3.61. The minimum Gasteiger partial charge on any atom is -0.481 e. The summed E-state index contributed by atoms with van der Waals surface area (Å²) in [5, 5.41) is 12.5. The highest BCUT2D eigenvalue weighted by atomic mass is 32.1. The van der Waals surface area contributed by atoms with E-state index in [-0.39, 0.29) is 11.7 Å². The number of amides is 2.